The molecule has 0 aromatic heterocycles. The van der Waals surface area contributed by atoms with E-state index >= 15 is 0 Å². The number of aliphatic carboxylic acids is 1. The third-order valence-electron chi connectivity index (χ3n) is 4.07. The molecule has 0 amide bonds. The monoisotopic (exact) mass is 287 g/mol. The van der Waals surface area contributed by atoms with Gasteiger partial charge >= 0.3 is 5.97 Å². The first kappa shape index (κ1) is 17.4. The van der Waals surface area contributed by atoms with E-state index in [1.165, 1.54) is 0 Å². The predicted molar refractivity (Wildman–Crippen MR) is 77.8 cm³/mol. The van der Waals surface area contributed by atoms with Crippen molar-refractivity contribution in [1.82, 2.24) is 4.90 Å². The quantitative estimate of drug-likeness (QED) is 0.600. The van der Waals surface area contributed by atoms with Crippen molar-refractivity contribution in [3.8, 4) is 0 Å². The second-order valence-electron chi connectivity index (χ2n) is 5.72. The van der Waals surface area contributed by atoms with Gasteiger partial charge in [0, 0.05) is 13.2 Å². The van der Waals surface area contributed by atoms with E-state index in [1.807, 2.05) is 11.8 Å². The number of likely N-dealkylation sites (tertiary alicyclic amines) is 1. The lowest BCUT2D eigenvalue weighted by Gasteiger charge is -2.35. The average Bonchev–Trinajstić information content (AvgIpc) is 2.79. The van der Waals surface area contributed by atoms with E-state index in [0.717, 1.165) is 32.2 Å². The minimum atomic E-state index is -0.779. The van der Waals surface area contributed by atoms with Crippen LogP contribution in [0.5, 0.6) is 0 Å². The maximum Gasteiger partial charge on any atom is 0.324 e. The first-order valence-electron chi connectivity index (χ1n) is 7.81. The summed E-state index contributed by atoms with van der Waals surface area (Å²) >= 11 is 0. The first-order valence-corrected chi connectivity index (χ1v) is 7.81. The topological polar surface area (TPSA) is 70.0 Å². The van der Waals surface area contributed by atoms with Crippen LogP contribution in [0, 0.1) is 0 Å². The maximum absolute atomic E-state index is 11.7. The molecule has 0 aromatic carbocycles. The normalized spacial score (nSPS) is 24.9. The largest absolute Gasteiger partial charge is 0.480 e. The van der Waals surface area contributed by atoms with Crippen molar-refractivity contribution in [3.63, 3.8) is 0 Å². The molecule has 0 aromatic rings. The van der Waals surface area contributed by atoms with Gasteiger partial charge < -0.3 is 14.9 Å². The second kappa shape index (κ2) is 8.60. The number of hydrogen-bond donors (Lipinski definition) is 2. The van der Waals surface area contributed by atoms with Gasteiger partial charge in [-0.15, -0.1) is 0 Å². The fraction of sp³-hybridized carbons (Fsp3) is 0.933. The van der Waals surface area contributed by atoms with Gasteiger partial charge in [-0.05, 0) is 32.2 Å². The highest BCUT2D eigenvalue weighted by molar-refractivity contribution is 5.79. The van der Waals surface area contributed by atoms with E-state index in [4.69, 9.17) is 4.74 Å². The Labute approximate surface area is 121 Å². The van der Waals surface area contributed by atoms with Gasteiger partial charge in [-0.1, -0.05) is 26.7 Å². The van der Waals surface area contributed by atoms with Crippen LogP contribution in [0.25, 0.3) is 0 Å². The lowest BCUT2D eigenvalue weighted by atomic mass is 9.90. The Morgan fingerprint density at radius 3 is 2.75 bits per heavy atom. The summed E-state index contributed by atoms with van der Waals surface area (Å²) in [6.45, 7) is 6.18. The molecule has 5 heteroatoms. The number of aliphatic hydroxyl groups is 1. The molecular formula is C15H29NO4. The smallest absolute Gasteiger partial charge is 0.324 e. The molecule has 0 spiro atoms. The minimum absolute atomic E-state index is 0.290. The Morgan fingerprint density at radius 2 is 2.15 bits per heavy atom. The zero-order chi connectivity index (χ0) is 15.0. The number of rotatable bonds is 10. The van der Waals surface area contributed by atoms with Crippen LogP contribution in [0.1, 0.15) is 52.4 Å². The van der Waals surface area contributed by atoms with E-state index < -0.39 is 17.6 Å². The van der Waals surface area contributed by atoms with Crippen LogP contribution in [-0.4, -0.2) is 59.0 Å². The number of nitrogens with zero attached hydrogens (tertiary/aromatic N) is 1. The van der Waals surface area contributed by atoms with E-state index in [0.29, 0.717) is 32.6 Å². The lowest BCUT2D eigenvalue weighted by molar-refractivity contribution is -0.151. The molecule has 2 unspecified atom stereocenters. The number of carboxylic acid groups (broad SMARTS) is 1. The molecule has 0 saturated carbocycles. The number of unbranched alkanes of at least 4 members (excludes halogenated alkanes) is 1. The van der Waals surface area contributed by atoms with Crippen LogP contribution in [0.2, 0.25) is 0 Å². The fourth-order valence-corrected chi connectivity index (χ4v) is 3.02. The van der Waals surface area contributed by atoms with Crippen molar-refractivity contribution in [2.75, 3.05) is 26.3 Å². The van der Waals surface area contributed by atoms with Crippen molar-refractivity contribution in [1.29, 1.82) is 0 Å². The van der Waals surface area contributed by atoms with Gasteiger partial charge in [0.05, 0.1) is 12.7 Å². The minimum Gasteiger partial charge on any atom is -0.480 e. The van der Waals surface area contributed by atoms with E-state index in [1.54, 1.807) is 0 Å². The number of ether oxygens (including phenoxy) is 1. The molecule has 2 N–H and O–H groups in total. The maximum atomic E-state index is 11.7. The average molecular weight is 287 g/mol. The Bertz CT molecular complexity index is 298. The summed E-state index contributed by atoms with van der Waals surface area (Å²) in [5.74, 6) is -0.754. The summed E-state index contributed by atoms with van der Waals surface area (Å²) in [6.07, 6.45) is 4.50. The van der Waals surface area contributed by atoms with E-state index in [9.17, 15) is 15.0 Å². The number of β-amino-alcohol motifs (C(OH)–C–C–N with tert-alkyl or cyclic N) is 1. The number of carboxylic acids is 1. The number of hydrogen-bond acceptors (Lipinski definition) is 4. The fourth-order valence-electron chi connectivity index (χ4n) is 3.02. The van der Waals surface area contributed by atoms with Gasteiger partial charge in [0.1, 0.15) is 5.54 Å². The van der Waals surface area contributed by atoms with Crippen molar-refractivity contribution >= 4 is 5.97 Å². The van der Waals surface area contributed by atoms with Gasteiger partial charge in [0.15, 0.2) is 0 Å². The Kier molecular flexibility index (Phi) is 7.48. The van der Waals surface area contributed by atoms with Gasteiger partial charge in [0.25, 0.3) is 0 Å². The van der Waals surface area contributed by atoms with Crippen LogP contribution in [-0.2, 0) is 9.53 Å². The predicted octanol–water partition coefficient (Wildman–Crippen LogP) is 1.88. The molecule has 2 atom stereocenters. The number of aliphatic hydroxyl groups excluding tert-OH is 1. The Hall–Kier alpha value is -0.650. The lowest BCUT2D eigenvalue weighted by Crippen LogP contribution is -2.53. The first-order chi connectivity index (χ1) is 9.56. The third kappa shape index (κ3) is 4.43. The summed E-state index contributed by atoms with van der Waals surface area (Å²) in [6, 6.07) is 0. The highest BCUT2D eigenvalue weighted by Crippen LogP contribution is 2.34. The molecule has 118 valence electrons. The summed E-state index contributed by atoms with van der Waals surface area (Å²) in [7, 11) is 0. The molecule has 1 rings (SSSR count). The highest BCUT2D eigenvalue weighted by Gasteiger charge is 2.47. The summed E-state index contributed by atoms with van der Waals surface area (Å²) in [4.78, 5) is 13.6. The summed E-state index contributed by atoms with van der Waals surface area (Å²) < 4.78 is 5.41. The Balaban J connectivity index is 2.49. The van der Waals surface area contributed by atoms with Crippen LogP contribution in [0.3, 0.4) is 0 Å². The molecule has 1 saturated heterocycles. The van der Waals surface area contributed by atoms with Gasteiger partial charge in [-0.25, -0.2) is 0 Å². The van der Waals surface area contributed by atoms with E-state index in [2.05, 4.69) is 6.92 Å². The molecule has 20 heavy (non-hydrogen) atoms. The third-order valence-corrected chi connectivity index (χ3v) is 4.07. The second-order valence-corrected chi connectivity index (χ2v) is 5.72. The number of carbonyl (C=O) groups is 1. The van der Waals surface area contributed by atoms with Crippen LogP contribution in [0.15, 0.2) is 0 Å². The highest BCUT2D eigenvalue weighted by atomic mass is 16.5. The van der Waals surface area contributed by atoms with E-state index in [-0.39, 0.29) is 0 Å². The molecule has 0 bridgehead atoms. The van der Waals surface area contributed by atoms with Gasteiger partial charge in [0.2, 0.25) is 0 Å². The standard InChI is InChI=1S/C15H29NO4/c1-3-5-10-20-12-13(17)11-16-9-6-8-15(16,7-4-2)14(18)19/h13,17H,3-12H2,1-2H3,(H,18,19). The van der Waals surface area contributed by atoms with Crippen LogP contribution >= 0.6 is 0 Å². The molecule has 1 heterocycles. The zero-order valence-corrected chi connectivity index (χ0v) is 12.8. The summed E-state index contributed by atoms with van der Waals surface area (Å²) in [5.41, 5.74) is -0.779. The molecule has 0 radical (unpaired) electrons. The van der Waals surface area contributed by atoms with Gasteiger partial charge in [-0.3, -0.25) is 9.69 Å². The molecule has 1 aliphatic heterocycles. The molecule has 1 aliphatic rings. The Morgan fingerprint density at radius 1 is 1.40 bits per heavy atom. The summed E-state index contributed by atoms with van der Waals surface area (Å²) in [5, 5.41) is 19.6. The zero-order valence-electron chi connectivity index (χ0n) is 12.8. The van der Waals surface area contributed by atoms with Crippen molar-refractivity contribution in [3.05, 3.63) is 0 Å². The molecule has 1 fully saturated rings. The van der Waals surface area contributed by atoms with Crippen molar-refractivity contribution in [2.24, 2.45) is 0 Å². The molecular weight excluding hydrogens is 258 g/mol. The van der Waals surface area contributed by atoms with Gasteiger partial charge in [-0.2, -0.15) is 0 Å². The van der Waals surface area contributed by atoms with Crippen molar-refractivity contribution < 1.29 is 19.7 Å². The van der Waals surface area contributed by atoms with Crippen LogP contribution in [0.4, 0.5) is 0 Å². The van der Waals surface area contributed by atoms with Crippen LogP contribution < -0.4 is 0 Å². The molecule has 0 aliphatic carbocycles. The SMILES string of the molecule is CCCCOCC(O)CN1CCCC1(CCC)C(=O)O. The van der Waals surface area contributed by atoms with Crippen molar-refractivity contribution in [2.45, 2.75) is 64.0 Å². The molecule has 5 nitrogen and oxygen atoms in total.